The average molecular weight is 374 g/mol. The zero-order valence-electron chi connectivity index (χ0n) is 13.2. The van der Waals surface area contributed by atoms with Gasteiger partial charge in [-0.3, -0.25) is 0 Å². The Morgan fingerprint density at radius 3 is 2.44 bits per heavy atom. The van der Waals surface area contributed by atoms with Crippen LogP contribution >= 0.6 is 11.3 Å². The van der Waals surface area contributed by atoms with Gasteiger partial charge in [-0.15, -0.1) is 22.3 Å². The number of hydrogen-bond donors (Lipinski definition) is 0. The van der Waals surface area contributed by atoms with Crippen LogP contribution in [-0.4, -0.2) is 13.0 Å². The highest BCUT2D eigenvalue weighted by atomic mass is 32.2. The number of sulfonamides is 1. The molecule has 0 fully saturated rings. The molecule has 0 spiro atoms. The molecule has 128 valence electrons. The van der Waals surface area contributed by atoms with Gasteiger partial charge in [0.05, 0.1) is 10.6 Å². The molecule has 0 amide bonds. The van der Waals surface area contributed by atoms with Crippen LogP contribution in [0.2, 0.25) is 0 Å². The van der Waals surface area contributed by atoms with Crippen molar-refractivity contribution in [2.45, 2.75) is 11.4 Å². The van der Waals surface area contributed by atoms with Gasteiger partial charge in [0.2, 0.25) is 4.80 Å². The summed E-state index contributed by atoms with van der Waals surface area (Å²) >= 11 is 1.23. The fourth-order valence-corrected chi connectivity index (χ4v) is 4.45. The molecule has 0 unspecified atom stereocenters. The van der Waals surface area contributed by atoms with Crippen molar-refractivity contribution in [1.82, 2.24) is 4.57 Å². The van der Waals surface area contributed by atoms with Gasteiger partial charge in [-0.2, -0.15) is 8.42 Å². The molecule has 0 bridgehead atoms. The van der Waals surface area contributed by atoms with Gasteiger partial charge in [0, 0.05) is 11.9 Å². The Bertz CT molecular complexity index is 1050. The Hall–Kier alpha value is -2.51. The quantitative estimate of drug-likeness (QED) is 0.637. The Labute approximate surface area is 149 Å². The predicted molar refractivity (Wildman–Crippen MR) is 97.1 cm³/mol. The standard InChI is InChI=1S/C18H15FN2O2S2/c1-2-12-21-17(14-6-4-3-5-7-14)13-24-18(21)20-25(22,23)16-10-8-15(19)9-11-16/h2-11,13H,1,12H2/b20-18+. The number of aromatic nitrogens is 1. The van der Waals surface area contributed by atoms with E-state index in [0.29, 0.717) is 11.3 Å². The number of allylic oxidation sites excluding steroid dienone is 1. The van der Waals surface area contributed by atoms with Crippen LogP contribution < -0.4 is 4.80 Å². The molecule has 4 nitrogen and oxygen atoms in total. The van der Waals surface area contributed by atoms with Gasteiger partial charge in [0.1, 0.15) is 5.82 Å². The number of nitrogens with zero attached hydrogens (tertiary/aromatic N) is 2. The monoisotopic (exact) mass is 374 g/mol. The third-order valence-corrected chi connectivity index (χ3v) is 5.75. The van der Waals surface area contributed by atoms with E-state index in [0.717, 1.165) is 23.4 Å². The van der Waals surface area contributed by atoms with Gasteiger partial charge in [-0.1, -0.05) is 36.4 Å². The van der Waals surface area contributed by atoms with E-state index < -0.39 is 15.8 Å². The molecule has 0 saturated heterocycles. The van der Waals surface area contributed by atoms with Crippen molar-refractivity contribution in [3.05, 3.63) is 83.3 Å². The molecule has 3 aromatic rings. The van der Waals surface area contributed by atoms with Crippen molar-refractivity contribution in [3.8, 4) is 11.3 Å². The van der Waals surface area contributed by atoms with Crippen molar-refractivity contribution in [3.63, 3.8) is 0 Å². The van der Waals surface area contributed by atoms with Gasteiger partial charge >= 0.3 is 0 Å². The number of thiazole rings is 1. The zero-order valence-corrected chi connectivity index (χ0v) is 14.8. The van der Waals surface area contributed by atoms with E-state index in [-0.39, 0.29) is 4.90 Å². The van der Waals surface area contributed by atoms with Crippen LogP contribution in [0, 0.1) is 5.82 Å². The van der Waals surface area contributed by atoms with E-state index in [2.05, 4.69) is 11.0 Å². The summed E-state index contributed by atoms with van der Waals surface area (Å²) in [4.78, 5) is 0.289. The van der Waals surface area contributed by atoms with Crippen molar-refractivity contribution in [2.24, 2.45) is 4.40 Å². The molecule has 0 aliphatic carbocycles. The maximum Gasteiger partial charge on any atom is 0.285 e. The lowest BCUT2D eigenvalue weighted by molar-refractivity contribution is 0.594. The van der Waals surface area contributed by atoms with Crippen LogP contribution in [-0.2, 0) is 16.6 Å². The van der Waals surface area contributed by atoms with E-state index in [1.165, 1.54) is 23.5 Å². The van der Waals surface area contributed by atoms with Gasteiger partial charge in [0.15, 0.2) is 0 Å². The van der Waals surface area contributed by atoms with Crippen LogP contribution in [0.5, 0.6) is 0 Å². The van der Waals surface area contributed by atoms with E-state index in [4.69, 9.17) is 0 Å². The smallest absolute Gasteiger partial charge is 0.285 e. The zero-order chi connectivity index (χ0) is 17.9. The second kappa shape index (κ2) is 7.16. The molecule has 1 aromatic heterocycles. The van der Waals surface area contributed by atoms with Crippen LogP contribution in [0.1, 0.15) is 0 Å². The Kier molecular flexibility index (Phi) is 4.96. The highest BCUT2D eigenvalue weighted by molar-refractivity contribution is 7.90. The molecule has 2 aromatic carbocycles. The van der Waals surface area contributed by atoms with Crippen LogP contribution in [0.25, 0.3) is 11.3 Å². The van der Waals surface area contributed by atoms with Crippen molar-refractivity contribution in [2.75, 3.05) is 0 Å². The Morgan fingerprint density at radius 1 is 1.12 bits per heavy atom. The third-order valence-electron chi connectivity index (χ3n) is 3.49. The maximum absolute atomic E-state index is 13.0. The highest BCUT2D eigenvalue weighted by Crippen LogP contribution is 2.20. The van der Waals surface area contributed by atoms with Gasteiger partial charge in [-0.05, 0) is 29.8 Å². The lowest BCUT2D eigenvalue weighted by Gasteiger charge is -2.06. The fraction of sp³-hybridized carbons (Fsp3) is 0.0556. The minimum atomic E-state index is -3.93. The highest BCUT2D eigenvalue weighted by Gasteiger charge is 2.14. The molecular formula is C18H15FN2O2S2. The van der Waals surface area contributed by atoms with Crippen LogP contribution in [0.15, 0.2) is 81.9 Å². The molecule has 0 N–H and O–H groups in total. The number of rotatable bonds is 5. The second-order valence-corrected chi connectivity index (χ2v) is 7.63. The lowest BCUT2D eigenvalue weighted by Crippen LogP contribution is -2.17. The summed E-state index contributed by atoms with van der Waals surface area (Å²) in [6, 6.07) is 14.2. The van der Waals surface area contributed by atoms with Crippen molar-refractivity contribution >= 4 is 21.4 Å². The summed E-state index contributed by atoms with van der Waals surface area (Å²) in [7, 11) is -3.93. The molecule has 3 rings (SSSR count). The fourth-order valence-electron chi connectivity index (χ4n) is 2.31. The van der Waals surface area contributed by atoms with E-state index in [9.17, 15) is 12.8 Å². The number of hydrogen-bond acceptors (Lipinski definition) is 3. The van der Waals surface area contributed by atoms with Gasteiger partial charge in [-0.25, -0.2) is 4.39 Å². The van der Waals surface area contributed by atoms with Gasteiger partial charge < -0.3 is 4.57 Å². The number of benzene rings is 2. The molecule has 0 radical (unpaired) electrons. The normalized spacial score (nSPS) is 12.3. The Morgan fingerprint density at radius 2 is 1.80 bits per heavy atom. The predicted octanol–water partition coefficient (Wildman–Crippen LogP) is 3.83. The topological polar surface area (TPSA) is 51.4 Å². The molecule has 25 heavy (non-hydrogen) atoms. The summed E-state index contributed by atoms with van der Waals surface area (Å²) in [5.41, 5.74) is 1.82. The van der Waals surface area contributed by atoms with E-state index in [1.54, 1.807) is 10.6 Å². The number of halogens is 1. The van der Waals surface area contributed by atoms with Gasteiger partial charge in [0.25, 0.3) is 10.0 Å². The molecular weight excluding hydrogens is 359 g/mol. The summed E-state index contributed by atoms with van der Waals surface area (Å²) < 4.78 is 43.7. The first-order chi connectivity index (χ1) is 12.0. The lowest BCUT2D eigenvalue weighted by atomic mass is 10.2. The maximum atomic E-state index is 13.0. The summed E-state index contributed by atoms with van der Waals surface area (Å²) in [6.45, 7) is 4.15. The van der Waals surface area contributed by atoms with E-state index in [1.807, 2.05) is 35.7 Å². The van der Waals surface area contributed by atoms with Crippen LogP contribution in [0.3, 0.4) is 0 Å². The van der Waals surface area contributed by atoms with Crippen molar-refractivity contribution in [1.29, 1.82) is 0 Å². The Balaban J connectivity index is 2.13. The molecule has 0 aliphatic heterocycles. The van der Waals surface area contributed by atoms with Crippen molar-refractivity contribution < 1.29 is 12.8 Å². The molecule has 0 aliphatic rings. The first-order valence-corrected chi connectivity index (χ1v) is 9.74. The van der Waals surface area contributed by atoms with Crippen LogP contribution in [0.4, 0.5) is 4.39 Å². The molecule has 1 heterocycles. The first kappa shape index (κ1) is 17.3. The minimum Gasteiger partial charge on any atom is -0.312 e. The third kappa shape index (κ3) is 3.78. The first-order valence-electron chi connectivity index (χ1n) is 7.42. The summed E-state index contributed by atoms with van der Waals surface area (Å²) in [5, 5.41) is 1.86. The molecule has 7 heteroatoms. The molecule has 0 atom stereocenters. The van der Waals surface area contributed by atoms with E-state index >= 15 is 0 Å². The largest absolute Gasteiger partial charge is 0.312 e. The minimum absolute atomic E-state index is 0.0475. The average Bonchev–Trinajstić information content (AvgIpc) is 2.98. The summed E-state index contributed by atoms with van der Waals surface area (Å²) in [6.07, 6.45) is 1.68. The SMILES string of the molecule is C=CCn1c(-c2ccccc2)cs/c1=N/S(=O)(=O)c1ccc(F)cc1. The molecule has 0 saturated carbocycles. The summed E-state index contributed by atoms with van der Waals surface area (Å²) in [5.74, 6) is -0.497. The second-order valence-electron chi connectivity index (χ2n) is 5.19.